The second-order valence-corrected chi connectivity index (χ2v) is 4.63. The van der Waals surface area contributed by atoms with Crippen LogP contribution >= 0.6 is 11.8 Å². The standard InChI is InChI=1S/C10H18O2S/c1-12-9(11)10(8-13-2)6-4-3-5-7-10/h3-8H2,1-2H3. The van der Waals surface area contributed by atoms with Gasteiger partial charge in [-0.1, -0.05) is 19.3 Å². The Hall–Kier alpha value is -0.180. The highest BCUT2D eigenvalue weighted by atomic mass is 32.2. The van der Waals surface area contributed by atoms with Gasteiger partial charge in [-0.25, -0.2) is 0 Å². The highest BCUT2D eigenvalue weighted by Gasteiger charge is 2.39. The van der Waals surface area contributed by atoms with E-state index in [1.165, 1.54) is 26.4 Å². The van der Waals surface area contributed by atoms with Gasteiger partial charge < -0.3 is 4.74 Å². The molecule has 0 bridgehead atoms. The van der Waals surface area contributed by atoms with Crippen LogP contribution in [0.4, 0.5) is 0 Å². The van der Waals surface area contributed by atoms with Gasteiger partial charge in [0.1, 0.15) is 0 Å². The lowest BCUT2D eigenvalue weighted by atomic mass is 9.75. The first kappa shape index (κ1) is 10.9. The zero-order valence-electron chi connectivity index (χ0n) is 8.47. The number of carbonyl (C=O) groups is 1. The van der Waals surface area contributed by atoms with Crippen molar-refractivity contribution in [3.05, 3.63) is 0 Å². The summed E-state index contributed by atoms with van der Waals surface area (Å²) in [7, 11) is 1.50. The number of ether oxygens (including phenoxy) is 1. The van der Waals surface area contributed by atoms with Crippen LogP contribution < -0.4 is 0 Å². The van der Waals surface area contributed by atoms with E-state index in [0.717, 1.165) is 18.6 Å². The van der Waals surface area contributed by atoms with Crippen LogP contribution in [0.25, 0.3) is 0 Å². The molecule has 1 saturated carbocycles. The van der Waals surface area contributed by atoms with Crippen LogP contribution in [0.5, 0.6) is 0 Å². The molecule has 0 heterocycles. The lowest BCUT2D eigenvalue weighted by Gasteiger charge is -2.33. The van der Waals surface area contributed by atoms with Crippen LogP contribution in [0, 0.1) is 5.41 Å². The zero-order valence-corrected chi connectivity index (χ0v) is 9.28. The van der Waals surface area contributed by atoms with Crippen molar-refractivity contribution in [3.63, 3.8) is 0 Å². The van der Waals surface area contributed by atoms with Gasteiger partial charge in [0.2, 0.25) is 0 Å². The Morgan fingerprint density at radius 1 is 1.38 bits per heavy atom. The van der Waals surface area contributed by atoms with Crippen molar-refractivity contribution in [1.29, 1.82) is 0 Å². The normalized spacial score (nSPS) is 21.1. The Bertz CT molecular complexity index is 168. The minimum Gasteiger partial charge on any atom is -0.469 e. The summed E-state index contributed by atoms with van der Waals surface area (Å²) in [4.78, 5) is 11.6. The lowest BCUT2D eigenvalue weighted by molar-refractivity contribution is -0.153. The Morgan fingerprint density at radius 2 is 2.00 bits per heavy atom. The molecule has 13 heavy (non-hydrogen) atoms. The summed E-state index contributed by atoms with van der Waals surface area (Å²) in [6.07, 6.45) is 7.71. The first-order chi connectivity index (χ1) is 6.25. The summed E-state index contributed by atoms with van der Waals surface area (Å²) in [6.45, 7) is 0. The van der Waals surface area contributed by atoms with Gasteiger partial charge in [-0.3, -0.25) is 4.79 Å². The summed E-state index contributed by atoms with van der Waals surface area (Å²) >= 11 is 1.75. The molecule has 0 amide bonds. The van der Waals surface area contributed by atoms with Crippen molar-refractivity contribution < 1.29 is 9.53 Å². The molecule has 0 atom stereocenters. The van der Waals surface area contributed by atoms with Gasteiger partial charge in [0, 0.05) is 5.75 Å². The first-order valence-corrected chi connectivity index (χ1v) is 6.22. The van der Waals surface area contributed by atoms with Crippen LogP contribution in [0.15, 0.2) is 0 Å². The molecule has 2 nitrogen and oxygen atoms in total. The van der Waals surface area contributed by atoms with Crippen LogP contribution in [-0.2, 0) is 9.53 Å². The van der Waals surface area contributed by atoms with Gasteiger partial charge in [0.15, 0.2) is 0 Å². The molecule has 76 valence electrons. The van der Waals surface area contributed by atoms with Crippen molar-refractivity contribution in [2.45, 2.75) is 32.1 Å². The SMILES string of the molecule is COC(=O)C1(CSC)CCCCC1. The molecule has 0 unspecified atom stereocenters. The molecule has 0 aliphatic heterocycles. The smallest absolute Gasteiger partial charge is 0.312 e. The highest BCUT2D eigenvalue weighted by molar-refractivity contribution is 7.98. The third kappa shape index (κ3) is 2.39. The molecule has 0 aromatic heterocycles. The molecular formula is C10H18O2S. The molecule has 0 aromatic carbocycles. The van der Waals surface area contributed by atoms with Crippen molar-refractivity contribution in [3.8, 4) is 0 Å². The minimum absolute atomic E-state index is 0.00144. The molecule has 1 aliphatic carbocycles. The van der Waals surface area contributed by atoms with Gasteiger partial charge in [0.25, 0.3) is 0 Å². The number of rotatable bonds is 3. The van der Waals surface area contributed by atoms with E-state index in [-0.39, 0.29) is 11.4 Å². The van der Waals surface area contributed by atoms with E-state index in [9.17, 15) is 4.79 Å². The maximum atomic E-state index is 11.6. The minimum atomic E-state index is -0.160. The van der Waals surface area contributed by atoms with E-state index in [4.69, 9.17) is 4.74 Å². The molecule has 1 fully saturated rings. The summed E-state index contributed by atoms with van der Waals surface area (Å²) < 4.78 is 4.89. The Morgan fingerprint density at radius 3 is 2.46 bits per heavy atom. The third-order valence-electron chi connectivity index (χ3n) is 2.85. The molecule has 0 N–H and O–H groups in total. The molecule has 3 heteroatoms. The van der Waals surface area contributed by atoms with Crippen molar-refractivity contribution in [2.75, 3.05) is 19.1 Å². The zero-order chi connectivity index (χ0) is 9.73. The second kappa shape index (κ2) is 4.89. The molecule has 1 aliphatic rings. The van der Waals surface area contributed by atoms with Gasteiger partial charge in [0.05, 0.1) is 12.5 Å². The van der Waals surface area contributed by atoms with E-state index in [0.29, 0.717) is 0 Å². The highest BCUT2D eigenvalue weighted by Crippen LogP contribution is 2.39. The summed E-state index contributed by atoms with van der Waals surface area (Å²) in [5, 5.41) is 0. The van der Waals surface area contributed by atoms with Crippen LogP contribution in [0.2, 0.25) is 0 Å². The van der Waals surface area contributed by atoms with Crippen LogP contribution in [0.1, 0.15) is 32.1 Å². The number of methoxy groups -OCH3 is 1. The van der Waals surface area contributed by atoms with E-state index < -0.39 is 0 Å². The number of carbonyl (C=O) groups excluding carboxylic acids is 1. The first-order valence-electron chi connectivity index (χ1n) is 4.82. The molecular weight excluding hydrogens is 184 g/mol. The van der Waals surface area contributed by atoms with Crippen molar-refractivity contribution in [1.82, 2.24) is 0 Å². The fourth-order valence-electron chi connectivity index (χ4n) is 2.13. The largest absolute Gasteiger partial charge is 0.469 e. The molecule has 0 aromatic rings. The van der Waals surface area contributed by atoms with Crippen molar-refractivity contribution in [2.24, 2.45) is 5.41 Å². The number of thioether (sulfide) groups is 1. The second-order valence-electron chi connectivity index (χ2n) is 3.77. The number of hydrogen-bond acceptors (Lipinski definition) is 3. The molecule has 1 rings (SSSR count). The molecule has 0 saturated heterocycles. The fraction of sp³-hybridized carbons (Fsp3) is 0.900. The van der Waals surface area contributed by atoms with Crippen LogP contribution in [-0.4, -0.2) is 25.1 Å². The predicted molar refractivity (Wildman–Crippen MR) is 55.9 cm³/mol. The maximum absolute atomic E-state index is 11.6. The van der Waals surface area contributed by atoms with E-state index in [1.807, 2.05) is 0 Å². The van der Waals surface area contributed by atoms with Crippen molar-refractivity contribution >= 4 is 17.7 Å². The average Bonchev–Trinajstić information content (AvgIpc) is 2.18. The van der Waals surface area contributed by atoms with Crippen LogP contribution in [0.3, 0.4) is 0 Å². The van der Waals surface area contributed by atoms with E-state index >= 15 is 0 Å². The third-order valence-corrected chi connectivity index (χ3v) is 3.69. The summed E-state index contributed by atoms with van der Waals surface area (Å²) in [5.41, 5.74) is -0.160. The summed E-state index contributed by atoms with van der Waals surface area (Å²) in [5.74, 6) is 0.918. The Labute approximate surface area is 84.4 Å². The summed E-state index contributed by atoms with van der Waals surface area (Å²) in [6, 6.07) is 0. The molecule has 0 spiro atoms. The monoisotopic (exact) mass is 202 g/mol. The predicted octanol–water partition coefficient (Wildman–Crippen LogP) is 2.47. The van der Waals surface area contributed by atoms with Gasteiger partial charge >= 0.3 is 5.97 Å². The number of hydrogen-bond donors (Lipinski definition) is 0. The van der Waals surface area contributed by atoms with Gasteiger partial charge in [-0.2, -0.15) is 11.8 Å². The number of esters is 1. The van der Waals surface area contributed by atoms with E-state index in [1.54, 1.807) is 11.8 Å². The quantitative estimate of drug-likeness (QED) is 0.658. The molecule has 0 radical (unpaired) electrons. The maximum Gasteiger partial charge on any atom is 0.312 e. The Balaban J connectivity index is 2.66. The van der Waals surface area contributed by atoms with E-state index in [2.05, 4.69) is 6.26 Å². The average molecular weight is 202 g/mol. The fourth-order valence-corrected chi connectivity index (χ4v) is 3.09. The van der Waals surface area contributed by atoms with Gasteiger partial charge in [-0.15, -0.1) is 0 Å². The van der Waals surface area contributed by atoms with Gasteiger partial charge in [-0.05, 0) is 19.1 Å². The lowest BCUT2D eigenvalue weighted by Crippen LogP contribution is -2.36. The Kier molecular flexibility index (Phi) is 4.10. The topological polar surface area (TPSA) is 26.3 Å².